The molecule has 0 radical (unpaired) electrons. The number of anilines is 2. The summed E-state index contributed by atoms with van der Waals surface area (Å²) < 4.78 is 5.78. The first-order valence-corrected chi connectivity index (χ1v) is 11.7. The number of hydrogen-bond donors (Lipinski definition) is 1. The molecule has 5 rings (SSSR count). The van der Waals surface area contributed by atoms with E-state index in [-0.39, 0.29) is 29.6 Å². The molecule has 0 unspecified atom stereocenters. The third kappa shape index (κ3) is 4.73. The second-order valence-electron chi connectivity index (χ2n) is 9.01. The monoisotopic (exact) mass is 466 g/mol. The molecule has 0 spiro atoms. The van der Waals surface area contributed by atoms with Crippen molar-refractivity contribution in [2.24, 2.45) is 11.8 Å². The second-order valence-corrected chi connectivity index (χ2v) is 9.01. The molecule has 1 aliphatic carbocycles. The summed E-state index contributed by atoms with van der Waals surface area (Å²) in [5, 5.41) is 2.86. The van der Waals surface area contributed by atoms with Gasteiger partial charge in [0.2, 0.25) is 11.8 Å². The Labute approximate surface area is 204 Å². The third-order valence-corrected chi connectivity index (χ3v) is 6.57. The van der Waals surface area contributed by atoms with Gasteiger partial charge in [-0.15, -0.1) is 0 Å². The van der Waals surface area contributed by atoms with Crippen LogP contribution < -0.4 is 15.0 Å². The maximum absolute atomic E-state index is 12.9. The minimum atomic E-state index is -0.284. The lowest BCUT2D eigenvalue weighted by Gasteiger charge is -2.18. The summed E-state index contributed by atoms with van der Waals surface area (Å²) in [6.07, 6.45) is 3.28. The average Bonchev–Trinajstić information content (AvgIpc) is 3.13. The molecule has 3 aromatic carbocycles. The molecule has 2 aliphatic rings. The summed E-state index contributed by atoms with van der Waals surface area (Å²) in [4.78, 5) is 39.7. The van der Waals surface area contributed by atoms with Crippen molar-refractivity contribution in [3.8, 4) is 5.75 Å². The van der Waals surface area contributed by atoms with E-state index in [1.807, 2.05) is 55.5 Å². The lowest BCUT2D eigenvalue weighted by atomic mass is 9.82. The molecule has 1 fully saturated rings. The summed E-state index contributed by atoms with van der Waals surface area (Å²) in [5.41, 5.74) is 3.81. The molecule has 2 atom stereocenters. The van der Waals surface area contributed by atoms with E-state index in [1.165, 1.54) is 4.90 Å². The SMILES string of the molecule is CC1=CC[C@@H]2C(=O)N(c3ccc(C(=O)Nc4ccc(OCc5ccccc5)cc4)cc3)C(=O)[C@@H]2C1. The van der Waals surface area contributed by atoms with Crippen LogP contribution in [0.2, 0.25) is 0 Å². The molecule has 176 valence electrons. The predicted molar refractivity (Wildman–Crippen MR) is 134 cm³/mol. The van der Waals surface area contributed by atoms with Crippen LogP contribution in [0.4, 0.5) is 11.4 Å². The van der Waals surface area contributed by atoms with Crippen molar-refractivity contribution in [3.05, 3.63) is 102 Å². The van der Waals surface area contributed by atoms with Crippen molar-refractivity contribution in [1.29, 1.82) is 0 Å². The number of ether oxygens (including phenoxy) is 1. The van der Waals surface area contributed by atoms with Crippen molar-refractivity contribution < 1.29 is 19.1 Å². The van der Waals surface area contributed by atoms with E-state index in [1.54, 1.807) is 36.4 Å². The number of hydrogen-bond acceptors (Lipinski definition) is 4. The van der Waals surface area contributed by atoms with E-state index >= 15 is 0 Å². The largest absolute Gasteiger partial charge is 0.489 e. The van der Waals surface area contributed by atoms with Gasteiger partial charge in [-0.1, -0.05) is 42.0 Å². The maximum Gasteiger partial charge on any atom is 0.255 e. The topological polar surface area (TPSA) is 75.7 Å². The Morgan fingerprint density at radius 2 is 1.60 bits per heavy atom. The number of nitrogens with zero attached hydrogens (tertiary/aromatic N) is 1. The Hall–Kier alpha value is -4.19. The fourth-order valence-electron chi connectivity index (χ4n) is 4.63. The molecule has 3 amide bonds. The summed E-state index contributed by atoms with van der Waals surface area (Å²) in [7, 11) is 0. The quantitative estimate of drug-likeness (QED) is 0.392. The van der Waals surface area contributed by atoms with Crippen LogP contribution in [0.1, 0.15) is 35.7 Å². The lowest BCUT2D eigenvalue weighted by molar-refractivity contribution is -0.122. The van der Waals surface area contributed by atoms with Crippen LogP contribution in [0.5, 0.6) is 5.75 Å². The van der Waals surface area contributed by atoms with Gasteiger partial charge in [0.1, 0.15) is 12.4 Å². The fourth-order valence-corrected chi connectivity index (χ4v) is 4.63. The smallest absolute Gasteiger partial charge is 0.255 e. The van der Waals surface area contributed by atoms with Gasteiger partial charge in [0.15, 0.2) is 0 Å². The van der Waals surface area contributed by atoms with Gasteiger partial charge in [-0.25, -0.2) is 0 Å². The van der Waals surface area contributed by atoms with Crippen molar-refractivity contribution in [2.45, 2.75) is 26.4 Å². The predicted octanol–water partition coefficient (Wildman–Crippen LogP) is 5.36. The molecule has 0 bridgehead atoms. The Morgan fingerprint density at radius 1 is 0.914 bits per heavy atom. The fraction of sp³-hybridized carbons (Fsp3) is 0.207. The molecule has 1 saturated heterocycles. The standard InChI is InChI=1S/C29H26N2O4/c1-19-7-16-25-26(17-19)29(34)31(28(25)33)23-12-8-21(9-13-23)27(32)30-22-10-14-24(15-11-22)35-18-20-5-3-2-4-6-20/h2-15,25-26H,16-18H2,1H3,(H,30,32)/t25-,26+/m0/s1. The Kier molecular flexibility index (Phi) is 6.19. The van der Waals surface area contributed by atoms with Crippen LogP contribution in [0.3, 0.4) is 0 Å². The number of rotatable bonds is 6. The number of benzene rings is 3. The molecular weight excluding hydrogens is 440 g/mol. The van der Waals surface area contributed by atoms with Crippen LogP contribution in [0, 0.1) is 11.8 Å². The highest BCUT2D eigenvalue weighted by atomic mass is 16.5. The third-order valence-electron chi connectivity index (χ3n) is 6.57. The van der Waals surface area contributed by atoms with Crippen LogP contribution in [0.25, 0.3) is 0 Å². The van der Waals surface area contributed by atoms with Crippen molar-refractivity contribution in [2.75, 3.05) is 10.2 Å². The number of amides is 3. The number of nitrogens with one attached hydrogen (secondary N) is 1. The van der Waals surface area contributed by atoms with E-state index in [9.17, 15) is 14.4 Å². The second kappa shape index (κ2) is 9.58. The van der Waals surface area contributed by atoms with Gasteiger partial charge in [0, 0.05) is 11.3 Å². The van der Waals surface area contributed by atoms with Crippen molar-refractivity contribution in [3.63, 3.8) is 0 Å². The zero-order valence-corrected chi connectivity index (χ0v) is 19.4. The molecule has 0 saturated carbocycles. The van der Waals surface area contributed by atoms with Crippen LogP contribution in [-0.2, 0) is 16.2 Å². The van der Waals surface area contributed by atoms with Crippen molar-refractivity contribution in [1.82, 2.24) is 0 Å². The van der Waals surface area contributed by atoms with Gasteiger partial charge in [-0.3, -0.25) is 19.3 Å². The van der Waals surface area contributed by atoms with E-state index in [4.69, 9.17) is 4.74 Å². The molecule has 6 nitrogen and oxygen atoms in total. The lowest BCUT2D eigenvalue weighted by Crippen LogP contribution is -2.30. The minimum Gasteiger partial charge on any atom is -0.489 e. The summed E-state index contributed by atoms with van der Waals surface area (Å²) in [6, 6.07) is 23.7. The first-order chi connectivity index (χ1) is 17.0. The summed E-state index contributed by atoms with van der Waals surface area (Å²) in [6.45, 7) is 2.47. The van der Waals surface area contributed by atoms with Crippen LogP contribution >= 0.6 is 0 Å². The van der Waals surface area contributed by atoms with Gasteiger partial charge in [-0.05, 0) is 73.9 Å². The minimum absolute atomic E-state index is 0.153. The first kappa shape index (κ1) is 22.6. The normalized spacial score (nSPS) is 19.2. The van der Waals surface area contributed by atoms with E-state index in [0.717, 1.165) is 11.1 Å². The molecule has 3 aromatic rings. The highest BCUT2D eigenvalue weighted by Crippen LogP contribution is 2.39. The number of carbonyl (C=O) groups excluding carboxylic acids is 3. The Bertz CT molecular complexity index is 1280. The van der Waals surface area contributed by atoms with Gasteiger partial charge in [0.25, 0.3) is 5.91 Å². The Balaban J connectivity index is 1.20. The molecule has 1 aliphatic heterocycles. The zero-order chi connectivity index (χ0) is 24.4. The van der Waals surface area contributed by atoms with E-state index < -0.39 is 0 Å². The van der Waals surface area contributed by atoms with E-state index in [2.05, 4.69) is 5.32 Å². The molecule has 0 aromatic heterocycles. The Morgan fingerprint density at radius 3 is 2.31 bits per heavy atom. The molecular formula is C29H26N2O4. The highest BCUT2D eigenvalue weighted by Gasteiger charge is 2.48. The molecule has 1 heterocycles. The summed E-state index contributed by atoms with van der Waals surface area (Å²) >= 11 is 0. The number of carbonyl (C=O) groups is 3. The van der Waals surface area contributed by atoms with Gasteiger partial charge >= 0.3 is 0 Å². The highest BCUT2D eigenvalue weighted by molar-refractivity contribution is 6.22. The average molecular weight is 467 g/mol. The number of allylic oxidation sites excluding steroid dienone is 2. The summed E-state index contributed by atoms with van der Waals surface area (Å²) in [5.74, 6) is -0.442. The zero-order valence-electron chi connectivity index (χ0n) is 19.4. The van der Waals surface area contributed by atoms with Gasteiger partial charge < -0.3 is 10.1 Å². The maximum atomic E-state index is 12.9. The molecule has 6 heteroatoms. The molecule has 35 heavy (non-hydrogen) atoms. The van der Waals surface area contributed by atoms with Gasteiger partial charge in [-0.2, -0.15) is 0 Å². The number of imide groups is 1. The van der Waals surface area contributed by atoms with E-state index in [0.29, 0.717) is 42.1 Å². The molecule has 1 N–H and O–H groups in total. The van der Waals surface area contributed by atoms with Gasteiger partial charge in [0.05, 0.1) is 17.5 Å². The van der Waals surface area contributed by atoms with Crippen LogP contribution in [-0.4, -0.2) is 17.7 Å². The van der Waals surface area contributed by atoms with Crippen molar-refractivity contribution >= 4 is 29.1 Å². The van der Waals surface area contributed by atoms with Crippen LogP contribution in [0.15, 0.2) is 90.5 Å². The number of fused-ring (bicyclic) bond motifs is 1. The first-order valence-electron chi connectivity index (χ1n) is 11.7.